The number of para-hydroxylation sites is 1. The number of rotatable bonds is 2. The van der Waals surface area contributed by atoms with Crippen molar-refractivity contribution >= 4 is 23.2 Å². The molecule has 0 aliphatic carbocycles. The molecule has 1 fully saturated rings. The van der Waals surface area contributed by atoms with Crippen LogP contribution < -0.4 is 10.2 Å². The molecule has 16 heavy (non-hydrogen) atoms. The zero-order valence-corrected chi connectivity index (χ0v) is 9.44. The Kier molecular flexibility index (Phi) is 3.43. The Hall–Kier alpha value is -1.10. The average molecular weight is 241 g/mol. The summed E-state index contributed by atoms with van der Waals surface area (Å²) >= 11 is 6.04. The SMILES string of the molecule is O=C1C(CO)NCCN1c1ccccc1Cl. The number of piperazine rings is 1. The maximum Gasteiger partial charge on any atom is 0.246 e. The van der Waals surface area contributed by atoms with E-state index in [1.54, 1.807) is 17.0 Å². The smallest absolute Gasteiger partial charge is 0.246 e. The Bertz CT molecular complexity index is 397. The van der Waals surface area contributed by atoms with E-state index in [4.69, 9.17) is 16.7 Å². The molecule has 2 rings (SSSR count). The van der Waals surface area contributed by atoms with E-state index in [-0.39, 0.29) is 12.5 Å². The van der Waals surface area contributed by atoms with Crippen LogP contribution in [0.5, 0.6) is 0 Å². The molecular formula is C11H13ClN2O2. The van der Waals surface area contributed by atoms with E-state index in [9.17, 15) is 4.79 Å². The normalized spacial score (nSPS) is 21.2. The van der Waals surface area contributed by atoms with Gasteiger partial charge in [0.25, 0.3) is 0 Å². The Morgan fingerprint density at radius 3 is 2.94 bits per heavy atom. The van der Waals surface area contributed by atoms with Crippen molar-refractivity contribution < 1.29 is 9.90 Å². The van der Waals surface area contributed by atoms with E-state index in [0.29, 0.717) is 23.8 Å². The number of amides is 1. The number of benzene rings is 1. The summed E-state index contributed by atoms with van der Waals surface area (Å²) in [6.07, 6.45) is 0. The molecule has 2 N–H and O–H groups in total. The molecule has 1 aromatic carbocycles. The van der Waals surface area contributed by atoms with Crippen molar-refractivity contribution in [1.29, 1.82) is 0 Å². The summed E-state index contributed by atoms with van der Waals surface area (Å²) in [7, 11) is 0. The molecule has 1 saturated heterocycles. The molecule has 1 aromatic rings. The number of carbonyl (C=O) groups is 1. The molecule has 86 valence electrons. The second-order valence-electron chi connectivity index (χ2n) is 3.63. The topological polar surface area (TPSA) is 52.6 Å². The summed E-state index contributed by atoms with van der Waals surface area (Å²) in [6, 6.07) is 6.69. The molecule has 0 saturated carbocycles. The van der Waals surface area contributed by atoms with Crippen molar-refractivity contribution in [2.24, 2.45) is 0 Å². The van der Waals surface area contributed by atoms with Crippen molar-refractivity contribution in [3.8, 4) is 0 Å². The van der Waals surface area contributed by atoms with Gasteiger partial charge in [-0.25, -0.2) is 0 Å². The highest BCUT2D eigenvalue weighted by Crippen LogP contribution is 2.26. The fourth-order valence-electron chi connectivity index (χ4n) is 1.79. The quantitative estimate of drug-likeness (QED) is 0.798. The van der Waals surface area contributed by atoms with Gasteiger partial charge in [0.1, 0.15) is 6.04 Å². The van der Waals surface area contributed by atoms with Gasteiger partial charge in [-0.2, -0.15) is 0 Å². The van der Waals surface area contributed by atoms with E-state index >= 15 is 0 Å². The van der Waals surface area contributed by atoms with Crippen LogP contribution in [-0.2, 0) is 4.79 Å². The van der Waals surface area contributed by atoms with Crippen LogP contribution in [0.25, 0.3) is 0 Å². The number of anilines is 1. The monoisotopic (exact) mass is 240 g/mol. The number of hydrogen-bond donors (Lipinski definition) is 2. The fourth-order valence-corrected chi connectivity index (χ4v) is 2.03. The zero-order chi connectivity index (χ0) is 11.5. The van der Waals surface area contributed by atoms with E-state index in [1.165, 1.54) is 0 Å². The number of hydrogen-bond acceptors (Lipinski definition) is 3. The first-order valence-electron chi connectivity index (χ1n) is 5.14. The van der Waals surface area contributed by atoms with Crippen LogP contribution in [0.15, 0.2) is 24.3 Å². The number of nitrogens with one attached hydrogen (secondary N) is 1. The molecule has 0 radical (unpaired) electrons. The Morgan fingerprint density at radius 1 is 1.50 bits per heavy atom. The van der Waals surface area contributed by atoms with Crippen molar-refractivity contribution in [3.05, 3.63) is 29.3 Å². The predicted molar refractivity (Wildman–Crippen MR) is 62.7 cm³/mol. The Balaban J connectivity index is 2.27. The lowest BCUT2D eigenvalue weighted by Crippen LogP contribution is -2.56. The molecule has 0 spiro atoms. The van der Waals surface area contributed by atoms with Gasteiger partial charge in [0.2, 0.25) is 5.91 Å². The largest absolute Gasteiger partial charge is 0.394 e. The number of halogens is 1. The van der Waals surface area contributed by atoms with Crippen LogP contribution in [0.4, 0.5) is 5.69 Å². The number of carbonyl (C=O) groups excluding carboxylic acids is 1. The Morgan fingerprint density at radius 2 is 2.25 bits per heavy atom. The number of aliphatic hydroxyl groups excluding tert-OH is 1. The molecule has 1 aliphatic heterocycles. The van der Waals surface area contributed by atoms with Crippen LogP contribution in [0.2, 0.25) is 5.02 Å². The van der Waals surface area contributed by atoms with Gasteiger partial charge < -0.3 is 15.3 Å². The van der Waals surface area contributed by atoms with Gasteiger partial charge in [0.05, 0.1) is 17.3 Å². The van der Waals surface area contributed by atoms with Gasteiger partial charge >= 0.3 is 0 Å². The molecular weight excluding hydrogens is 228 g/mol. The van der Waals surface area contributed by atoms with Crippen LogP contribution in [0.3, 0.4) is 0 Å². The highest BCUT2D eigenvalue weighted by Gasteiger charge is 2.29. The fraction of sp³-hybridized carbons (Fsp3) is 0.364. The second-order valence-corrected chi connectivity index (χ2v) is 4.04. The number of nitrogens with zero attached hydrogens (tertiary/aromatic N) is 1. The van der Waals surface area contributed by atoms with E-state index in [1.807, 2.05) is 12.1 Å². The van der Waals surface area contributed by atoms with Crippen molar-refractivity contribution in [2.45, 2.75) is 6.04 Å². The van der Waals surface area contributed by atoms with Gasteiger partial charge in [-0.05, 0) is 12.1 Å². The van der Waals surface area contributed by atoms with Gasteiger partial charge in [0.15, 0.2) is 0 Å². The minimum Gasteiger partial charge on any atom is -0.394 e. The lowest BCUT2D eigenvalue weighted by Gasteiger charge is -2.32. The standard InChI is InChI=1S/C11H13ClN2O2/c12-8-3-1-2-4-10(8)14-6-5-13-9(7-15)11(14)16/h1-4,9,13,15H,5-7H2. The first kappa shape index (κ1) is 11.4. The third kappa shape index (κ3) is 2.04. The van der Waals surface area contributed by atoms with Crippen LogP contribution >= 0.6 is 11.6 Å². The lowest BCUT2D eigenvalue weighted by atomic mass is 10.1. The maximum absolute atomic E-state index is 12.0. The molecule has 0 aromatic heterocycles. The highest BCUT2D eigenvalue weighted by molar-refractivity contribution is 6.33. The highest BCUT2D eigenvalue weighted by atomic mass is 35.5. The average Bonchev–Trinajstić information content (AvgIpc) is 2.31. The van der Waals surface area contributed by atoms with Gasteiger partial charge in [-0.3, -0.25) is 4.79 Å². The van der Waals surface area contributed by atoms with Crippen LogP contribution in [0.1, 0.15) is 0 Å². The minimum absolute atomic E-state index is 0.137. The van der Waals surface area contributed by atoms with Crippen LogP contribution in [0, 0.1) is 0 Å². The summed E-state index contributed by atoms with van der Waals surface area (Å²) in [5.74, 6) is -0.137. The van der Waals surface area contributed by atoms with Crippen molar-refractivity contribution in [2.75, 3.05) is 24.6 Å². The molecule has 1 heterocycles. The maximum atomic E-state index is 12.0. The van der Waals surface area contributed by atoms with E-state index in [0.717, 1.165) is 0 Å². The molecule has 1 amide bonds. The lowest BCUT2D eigenvalue weighted by molar-refractivity contribution is -0.122. The van der Waals surface area contributed by atoms with Crippen molar-refractivity contribution in [1.82, 2.24) is 5.32 Å². The molecule has 0 bridgehead atoms. The van der Waals surface area contributed by atoms with Crippen molar-refractivity contribution in [3.63, 3.8) is 0 Å². The second kappa shape index (κ2) is 4.82. The van der Waals surface area contributed by atoms with Crippen LogP contribution in [-0.4, -0.2) is 36.8 Å². The summed E-state index contributed by atoms with van der Waals surface area (Å²) in [6.45, 7) is 1.03. The summed E-state index contributed by atoms with van der Waals surface area (Å²) in [4.78, 5) is 13.6. The Labute approximate surface area is 98.8 Å². The summed E-state index contributed by atoms with van der Waals surface area (Å²) in [5, 5.41) is 12.6. The first-order chi connectivity index (χ1) is 7.74. The molecule has 4 nitrogen and oxygen atoms in total. The third-order valence-electron chi connectivity index (χ3n) is 2.62. The molecule has 1 unspecified atom stereocenters. The third-order valence-corrected chi connectivity index (χ3v) is 2.94. The summed E-state index contributed by atoms with van der Waals surface area (Å²) in [5.41, 5.74) is 0.703. The van der Waals surface area contributed by atoms with E-state index < -0.39 is 6.04 Å². The van der Waals surface area contributed by atoms with Gasteiger partial charge in [-0.1, -0.05) is 23.7 Å². The summed E-state index contributed by atoms with van der Waals surface area (Å²) < 4.78 is 0. The van der Waals surface area contributed by atoms with Gasteiger partial charge in [-0.15, -0.1) is 0 Å². The van der Waals surface area contributed by atoms with Gasteiger partial charge in [0, 0.05) is 13.1 Å². The molecule has 1 aliphatic rings. The van der Waals surface area contributed by atoms with E-state index in [2.05, 4.69) is 5.32 Å². The predicted octanol–water partition coefficient (Wildman–Crippen LogP) is 0.637. The molecule has 1 atom stereocenters. The minimum atomic E-state index is -0.523. The number of aliphatic hydroxyl groups is 1. The molecule has 5 heteroatoms. The zero-order valence-electron chi connectivity index (χ0n) is 8.69. The first-order valence-corrected chi connectivity index (χ1v) is 5.52.